The molecule has 170 valence electrons. The Morgan fingerprint density at radius 3 is 2.55 bits per heavy atom. The lowest BCUT2D eigenvalue weighted by Crippen LogP contribution is -2.46. The van der Waals surface area contributed by atoms with E-state index in [2.05, 4.69) is 39.5 Å². The second-order valence-electron chi connectivity index (χ2n) is 8.95. The van der Waals surface area contributed by atoms with Crippen molar-refractivity contribution in [3.8, 4) is 0 Å². The molecular formula is C26H29N5O2. The molecule has 1 aliphatic heterocycles. The number of aryl methyl sites for hydroxylation is 1. The second kappa shape index (κ2) is 8.83. The van der Waals surface area contributed by atoms with Gasteiger partial charge in [0, 0.05) is 42.8 Å². The van der Waals surface area contributed by atoms with E-state index in [4.69, 9.17) is 0 Å². The van der Waals surface area contributed by atoms with Crippen molar-refractivity contribution in [1.29, 1.82) is 0 Å². The molecule has 0 spiro atoms. The maximum absolute atomic E-state index is 13.3. The molecule has 1 atom stereocenters. The van der Waals surface area contributed by atoms with Gasteiger partial charge in [0.15, 0.2) is 5.65 Å². The Balaban J connectivity index is 1.33. The molecule has 0 radical (unpaired) electrons. The van der Waals surface area contributed by atoms with Gasteiger partial charge in [0.2, 0.25) is 5.91 Å². The number of carbonyl (C=O) groups excluding carboxylic acids is 1. The number of likely N-dealkylation sites (tertiary alicyclic amines) is 1. The van der Waals surface area contributed by atoms with Crippen molar-refractivity contribution in [2.45, 2.75) is 45.3 Å². The van der Waals surface area contributed by atoms with Crippen LogP contribution in [-0.4, -0.2) is 44.1 Å². The van der Waals surface area contributed by atoms with Gasteiger partial charge in [-0.05, 0) is 44.4 Å². The highest BCUT2D eigenvalue weighted by Gasteiger charge is 2.26. The standard InChI is InChI=1S/C26H29N5O2/c1-18-16-24(32)28-25-22-10-6-7-11-23(22)31(30(18)25)19(2)26(33)27-21-12-14-29(15-13-21)17-20-8-4-3-5-9-20/h3-11,16,19,21H,12-15,17H2,1-2H3,(H,27,33)/t19-/m1/s1. The molecule has 0 bridgehead atoms. The zero-order valence-corrected chi connectivity index (χ0v) is 19.1. The zero-order valence-electron chi connectivity index (χ0n) is 19.1. The molecule has 0 unspecified atom stereocenters. The molecule has 4 aromatic rings. The number of nitrogens with zero attached hydrogens (tertiary/aromatic N) is 4. The molecule has 2 aromatic heterocycles. The van der Waals surface area contributed by atoms with Crippen LogP contribution in [0.15, 0.2) is 65.5 Å². The van der Waals surface area contributed by atoms with Crippen molar-refractivity contribution < 1.29 is 4.79 Å². The van der Waals surface area contributed by atoms with Gasteiger partial charge in [0.25, 0.3) is 5.56 Å². The SMILES string of the molecule is Cc1cc(=O)nc2c3ccccc3n([C@H](C)C(=O)NC3CCN(Cc4ccccc4)CC3)n12. The second-order valence-corrected chi connectivity index (χ2v) is 8.95. The van der Waals surface area contributed by atoms with Crippen molar-refractivity contribution in [2.75, 3.05) is 13.1 Å². The summed E-state index contributed by atoms with van der Waals surface area (Å²) >= 11 is 0. The van der Waals surface area contributed by atoms with Crippen molar-refractivity contribution in [3.05, 3.63) is 82.3 Å². The van der Waals surface area contributed by atoms with Crippen molar-refractivity contribution in [2.24, 2.45) is 0 Å². The van der Waals surface area contributed by atoms with Gasteiger partial charge >= 0.3 is 0 Å². The third kappa shape index (κ3) is 4.16. The molecule has 1 N–H and O–H groups in total. The number of rotatable bonds is 5. The first kappa shape index (κ1) is 21.4. The monoisotopic (exact) mass is 443 g/mol. The van der Waals surface area contributed by atoms with Crippen molar-refractivity contribution in [1.82, 2.24) is 24.4 Å². The highest BCUT2D eigenvalue weighted by atomic mass is 16.2. The van der Waals surface area contributed by atoms with E-state index in [0.29, 0.717) is 5.65 Å². The number of hydrogen-bond donors (Lipinski definition) is 1. The van der Waals surface area contributed by atoms with Crippen molar-refractivity contribution in [3.63, 3.8) is 0 Å². The number of carbonyl (C=O) groups is 1. The van der Waals surface area contributed by atoms with Gasteiger partial charge in [-0.2, -0.15) is 4.98 Å². The van der Waals surface area contributed by atoms with Crippen LogP contribution in [0, 0.1) is 6.92 Å². The fraction of sp³-hybridized carbons (Fsp3) is 0.346. The van der Waals surface area contributed by atoms with Crippen LogP contribution in [0.1, 0.15) is 37.1 Å². The fourth-order valence-corrected chi connectivity index (χ4v) is 4.90. The number of nitrogens with one attached hydrogen (secondary N) is 1. The number of para-hydroxylation sites is 1. The van der Waals surface area contributed by atoms with Gasteiger partial charge < -0.3 is 5.32 Å². The molecule has 1 fully saturated rings. The molecular weight excluding hydrogens is 414 g/mol. The summed E-state index contributed by atoms with van der Waals surface area (Å²) in [5.41, 5.74) is 3.29. The van der Waals surface area contributed by atoms with E-state index in [1.54, 1.807) is 0 Å². The number of aromatic nitrogens is 3. The summed E-state index contributed by atoms with van der Waals surface area (Å²) in [6, 6.07) is 19.5. The van der Waals surface area contributed by atoms with Crippen molar-refractivity contribution >= 4 is 22.5 Å². The molecule has 5 rings (SSSR count). The van der Waals surface area contributed by atoms with E-state index < -0.39 is 6.04 Å². The summed E-state index contributed by atoms with van der Waals surface area (Å²) in [5, 5.41) is 4.14. The smallest absolute Gasteiger partial charge is 0.273 e. The average Bonchev–Trinajstić information content (AvgIpc) is 3.15. The molecule has 2 aromatic carbocycles. The van der Waals surface area contributed by atoms with Crippen LogP contribution >= 0.6 is 0 Å². The summed E-state index contributed by atoms with van der Waals surface area (Å²) in [6.07, 6.45) is 1.87. The van der Waals surface area contributed by atoms with Gasteiger partial charge in [0.1, 0.15) is 6.04 Å². The summed E-state index contributed by atoms with van der Waals surface area (Å²) in [6.45, 7) is 6.66. The molecule has 7 heteroatoms. The van der Waals surface area contributed by atoms with E-state index in [1.165, 1.54) is 11.6 Å². The number of benzene rings is 2. The number of piperidine rings is 1. The van der Waals surface area contributed by atoms with Crippen LogP contribution in [-0.2, 0) is 11.3 Å². The van der Waals surface area contributed by atoms with Crippen LogP contribution in [0.3, 0.4) is 0 Å². The number of amides is 1. The largest absolute Gasteiger partial charge is 0.351 e. The normalized spacial score (nSPS) is 16.3. The van der Waals surface area contributed by atoms with Crippen LogP contribution in [0.2, 0.25) is 0 Å². The minimum Gasteiger partial charge on any atom is -0.351 e. The third-order valence-electron chi connectivity index (χ3n) is 6.62. The minimum atomic E-state index is -0.447. The maximum Gasteiger partial charge on any atom is 0.273 e. The van der Waals surface area contributed by atoms with E-state index in [-0.39, 0.29) is 17.5 Å². The van der Waals surface area contributed by atoms with E-state index >= 15 is 0 Å². The Morgan fingerprint density at radius 1 is 1.09 bits per heavy atom. The van der Waals surface area contributed by atoms with Crippen LogP contribution < -0.4 is 10.9 Å². The molecule has 1 amide bonds. The van der Waals surface area contributed by atoms with Gasteiger partial charge in [-0.3, -0.25) is 19.2 Å². The minimum absolute atomic E-state index is 0.0164. The Hall–Kier alpha value is -3.45. The van der Waals surface area contributed by atoms with Gasteiger partial charge in [-0.25, -0.2) is 4.52 Å². The molecule has 3 heterocycles. The molecule has 0 aliphatic carbocycles. The molecule has 0 saturated carbocycles. The Bertz CT molecular complexity index is 1350. The highest BCUT2D eigenvalue weighted by Crippen LogP contribution is 2.25. The molecule has 33 heavy (non-hydrogen) atoms. The number of fused-ring (bicyclic) bond motifs is 3. The van der Waals surface area contributed by atoms with E-state index in [9.17, 15) is 9.59 Å². The lowest BCUT2D eigenvalue weighted by atomic mass is 10.0. The molecule has 1 aliphatic rings. The van der Waals surface area contributed by atoms with Gasteiger partial charge in [-0.1, -0.05) is 42.5 Å². The van der Waals surface area contributed by atoms with Gasteiger partial charge in [-0.15, -0.1) is 0 Å². The van der Waals surface area contributed by atoms with E-state index in [0.717, 1.165) is 49.1 Å². The first-order valence-corrected chi connectivity index (χ1v) is 11.6. The lowest BCUT2D eigenvalue weighted by molar-refractivity contribution is -0.125. The Labute approximate surface area is 192 Å². The Morgan fingerprint density at radius 2 is 1.79 bits per heavy atom. The summed E-state index contributed by atoms with van der Waals surface area (Å²) in [7, 11) is 0. The topological polar surface area (TPSA) is 71.6 Å². The highest BCUT2D eigenvalue weighted by molar-refractivity contribution is 5.94. The first-order valence-electron chi connectivity index (χ1n) is 11.6. The van der Waals surface area contributed by atoms with E-state index in [1.807, 2.05) is 53.4 Å². The summed E-state index contributed by atoms with van der Waals surface area (Å²) < 4.78 is 3.84. The number of hydrogen-bond acceptors (Lipinski definition) is 4. The van der Waals surface area contributed by atoms with Gasteiger partial charge in [0.05, 0.1) is 5.52 Å². The van der Waals surface area contributed by atoms with Crippen LogP contribution in [0.4, 0.5) is 0 Å². The molecule has 7 nitrogen and oxygen atoms in total. The third-order valence-corrected chi connectivity index (χ3v) is 6.62. The summed E-state index contributed by atoms with van der Waals surface area (Å²) in [4.78, 5) is 32.0. The fourth-order valence-electron chi connectivity index (χ4n) is 4.90. The molecule has 1 saturated heterocycles. The van der Waals surface area contributed by atoms with Crippen LogP contribution in [0.25, 0.3) is 16.6 Å². The predicted molar refractivity (Wildman–Crippen MR) is 129 cm³/mol. The maximum atomic E-state index is 13.3. The Kier molecular flexibility index (Phi) is 5.72. The average molecular weight is 444 g/mol. The lowest BCUT2D eigenvalue weighted by Gasteiger charge is -2.33. The summed E-state index contributed by atoms with van der Waals surface area (Å²) in [5.74, 6) is -0.0164. The van der Waals surface area contributed by atoms with Crippen LogP contribution in [0.5, 0.6) is 0 Å². The quantitative estimate of drug-likeness (QED) is 0.514. The predicted octanol–water partition coefficient (Wildman–Crippen LogP) is 3.30. The zero-order chi connectivity index (χ0) is 22.9. The first-order chi connectivity index (χ1) is 16.0.